The van der Waals surface area contributed by atoms with E-state index in [1.165, 1.54) is 32.7 Å². The number of aryl methyl sites for hydroxylation is 2. The largest absolute Gasteiger partial charge is 4.00 e. The molecule has 0 nitrogen and oxygen atoms in total. The van der Waals surface area contributed by atoms with Crippen molar-refractivity contribution in [1.82, 2.24) is 0 Å². The maximum absolute atomic E-state index is 2.32. The molecule has 0 radical (unpaired) electrons. The quantitative estimate of drug-likeness (QED) is 0.326. The van der Waals surface area contributed by atoms with Crippen molar-refractivity contribution in [2.45, 2.75) is 12.8 Å². The van der Waals surface area contributed by atoms with Gasteiger partial charge in [0, 0.05) is 0 Å². The summed E-state index contributed by atoms with van der Waals surface area (Å²) in [6.45, 7) is 0. The summed E-state index contributed by atoms with van der Waals surface area (Å²) in [4.78, 5) is 0. The maximum Gasteiger partial charge on any atom is 4.00 e. The van der Waals surface area contributed by atoms with E-state index in [2.05, 4.69) is 72.8 Å². The predicted molar refractivity (Wildman–Crippen MR) is 86.5 cm³/mol. The summed E-state index contributed by atoms with van der Waals surface area (Å²) in [6.07, 6.45) is 2.23. The van der Waals surface area contributed by atoms with Gasteiger partial charge in [-0.05, 0) is 12.8 Å². The van der Waals surface area contributed by atoms with E-state index < -0.39 is 0 Å². The molecule has 0 aliphatic carbocycles. The number of halogens is 2. The maximum atomic E-state index is 2.32. The second kappa shape index (κ2) is 8.71. The van der Waals surface area contributed by atoms with Crippen LogP contribution in [0, 0.1) is 0 Å². The van der Waals surface area contributed by atoms with E-state index in [0.29, 0.717) is 0 Å². The van der Waals surface area contributed by atoms with Gasteiger partial charge in [0.2, 0.25) is 0 Å². The summed E-state index contributed by atoms with van der Waals surface area (Å²) < 4.78 is 0. The first-order chi connectivity index (χ1) is 9.88. The van der Waals surface area contributed by atoms with E-state index in [-0.39, 0.29) is 46.5 Å². The molecule has 0 amide bonds. The Morgan fingerprint density at radius 1 is 0.609 bits per heavy atom. The Morgan fingerprint density at radius 2 is 1.00 bits per heavy atom. The van der Waals surface area contributed by atoms with Gasteiger partial charge in [-0.2, -0.15) is 12.1 Å². The molecular weight excluding hydrogens is 359 g/mol. The third-order valence-corrected chi connectivity index (χ3v) is 4.06. The molecule has 114 valence electrons. The molecule has 0 spiro atoms. The van der Waals surface area contributed by atoms with Gasteiger partial charge in [0.15, 0.2) is 0 Å². The molecule has 23 heavy (non-hydrogen) atoms. The number of hydrogen-bond donors (Lipinski definition) is 0. The Balaban J connectivity index is 0.000000882. The van der Waals surface area contributed by atoms with Crippen molar-refractivity contribution in [3.63, 3.8) is 0 Å². The van der Waals surface area contributed by atoms with Gasteiger partial charge in [-0.1, -0.05) is 12.1 Å². The second-order valence-corrected chi connectivity index (χ2v) is 5.49. The number of rotatable bonds is 3. The van der Waals surface area contributed by atoms with Gasteiger partial charge in [-0.3, -0.25) is 0 Å². The van der Waals surface area contributed by atoms with Crippen LogP contribution in [0.25, 0.3) is 21.5 Å². The Hall–Kier alpha value is -1.05. The molecular formula is C20H16Cl2Ti. The fraction of sp³-hybridized carbons (Fsp3) is 0.100. The summed E-state index contributed by atoms with van der Waals surface area (Å²) >= 11 is 0. The van der Waals surface area contributed by atoms with Crippen LogP contribution in [-0.4, -0.2) is 0 Å². The van der Waals surface area contributed by atoms with Crippen molar-refractivity contribution in [2.75, 3.05) is 0 Å². The zero-order valence-electron chi connectivity index (χ0n) is 12.6. The van der Waals surface area contributed by atoms with E-state index in [9.17, 15) is 0 Å². The number of fused-ring (bicyclic) bond motifs is 2. The van der Waals surface area contributed by atoms with Crippen LogP contribution >= 0.6 is 0 Å². The molecule has 0 bridgehead atoms. The van der Waals surface area contributed by atoms with E-state index in [1.54, 1.807) is 0 Å². The first kappa shape index (κ1) is 20.0. The van der Waals surface area contributed by atoms with Crippen molar-refractivity contribution in [1.29, 1.82) is 0 Å². The van der Waals surface area contributed by atoms with E-state index in [1.807, 2.05) is 0 Å². The van der Waals surface area contributed by atoms with E-state index >= 15 is 0 Å². The fourth-order valence-corrected chi connectivity index (χ4v) is 3.01. The predicted octanol–water partition coefficient (Wildman–Crippen LogP) is -0.778. The van der Waals surface area contributed by atoms with E-state index in [4.69, 9.17) is 0 Å². The van der Waals surface area contributed by atoms with Gasteiger partial charge in [0.1, 0.15) is 0 Å². The van der Waals surface area contributed by atoms with Crippen LogP contribution in [0.4, 0.5) is 0 Å². The van der Waals surface area contributed by atoms with Crippen LogP contribution in [0.1, 0.15) is 11.1 Å². The Labute approximate surface area is 164 Å². The van der Waals surface area contributed by atoms with Crippen LogP contribution < -0.4 is 24.8 Å². The van der Waals surface area contributed by atoms with Gasteiger partial charge in [0.05, 0.1) is 0 Å². The van der Waals surface area contributed by atoms with Gasteiger partial charge in [0.25, 0.3) is 0 Å². The molecule has 0 aliphatic rings. The molecule has 4 aromatic rings. The first-order valence-electron chi connectivity index (χ1n) is 7.17. The second-order valence-electron chi connectivity index (χ2n) is 5.49. The molecule has 0 saturated carbocycles. The summed E-state index contributed by atoms with van der Waals surface area (Å²) in [5.41, 5.74) is 2.88. The van der Waals surface area contributed by atoms with Gasteiger partial charge in [-0.15, -0.1) is 81.2 Å². The summed E-state index contributed by atoms with van der Waals surface area (Å²) in [5.74, 6) is 0. The number of hydrogen-bond acceptors (Lipinski definition) is 0. The van der Waals surface area contributed by atoms with Gasteiger partial charge >= 0.3 is 21.7 Å². The van der Waals surface area contributed by atoms with Crippen molar-refractivity contribution in [2.24, 2.45) is 0 Å². The summed E-state index contributed by atoms with van der Waals surface area (Å²) in [6, 6.07) is 26.5. The SMILES string of the molecule is [Cl-].[Cl-].[Ti+4].c1ccc2[cH-]c(CCc3cc4ccccc4[cH-]3)cc2c1. The summed E-state index contributed by atoms with van der Waals surface area (Å²) in [5, 5.41) is 5.43. The minimum Gasteiger partial charge on any atom is -1.00 e. The zero-order chi connectivity index (χ0) is 13.4. The van der Waals surface area contributed by atoms with Crippen molar-refractivity contribution in [3.05, 3.63) is 83.9 Å². The Kier molecular flexibility index (Phi) is 7.57. The fourth-order valence-electron chi connectivity index (χ4n) is 3.01. The van der Waals surface area contributed by atoms with Crippen LogP contribution in [0.2, 0.25) is 0 Å². The standard InChI is InChI=1S/C20H16.2ClH.Ti/c1-2-6-18-12-15(11-17(18)5-1)9-10-16-13-19-7-3-4-8-20(19)14-16;;;/h1-8,11-14H,9-10H2;2*1H;/q-2;;;+4/p-2. The van der Waals surface area contributed by atoms with Gasteiger partial charge < -0.3 is 24.8 Å². The topological polar surface area (TPSA) is 0 Å². The third kappa shape index (κ3) is 4.28. The molecule has 0 saturated heterocycles. The van der Waals surface area contributed by atoms with Crippen LogP contribution in [0.5, 0.6) is 0 Å². The van der Waals surface area contributed by atoms with Crippen molar-refractivity contribution >= 4 is 21.5 Å². The van der Waals surface area contributed by atoms with Crippen molar-refractivity contribution < 1.29 is 46.5 Å². The van der Waals surface area contributed by atoms with Crippen molar-refractivity contribution in [3.8, 4) is 0 Å². The zero-order valence-corrected chi connectivity index (χ0v) is 15.7. The molecule has 0 fully saturated rings. The average molecular weight is 375 g/mol. The Bertz CT molecular complexity index is 733. The third-order valence-electron chi connectivity index (χ3n) is 4.06. The molecule has 0 aromatic heterocycles. The minimum atomic E-state index is 0. The van der Waals surface area contributed by atoms with Crippen LogP contribution in [0.15, 0.2) is 72.8 Å². The summed E-state index contributed by atoms with van der Waals surface area (Å²) in [7, 11) is 0. The Morgan fingerprint density at radius 3 is 1.39 bits per heavy atom. The molecule has 3 heteroatoms. The molecule has 0 atom stereocenters. The molecule has 0 heterocycles. The molecule has 4 rings (SSSR count). The minimum absolute atomic E-state index is 0. The van der Waals surface area contributed by atoms with Crippen LogP contribution in [0.3, 0.4) is 0 Å². The first-order valence-corrected chi connectivity index (χ1v) is 7.17. The average Bonchev–Trinajstić information content (AvgIpc) is 3.07. The smallest absolute Gasteiger partial charge is 1.00 e. The molecule has 0 N–H and O–H groups in total. The van der Waals surface area contributed by atoms with E-state index in [0.717, 1.165) is 12.8 Å². The molecule has 0 unspecified atom stereocenters. The normalized spacial score (nSPS) is 9.91. The monoisotopic (exact) mass is 374 g/mol. The van der Waals surface area contributed by atoms with Gasteiger partial charge in [-0.25, -0.2) is 0 Å². The molecule has 4 aromatic carbocycles. The van der Waals surface area contributed by atoms with Crippen LogP contribution in [-0.2, 0) is 34.6 Å². The number of benzene rings is 2. The molecule has 0 aliphatic heterocycles.